The largest absolute Gasteiger partial charge is 0.508 e. The van der Waals surface area contributed by atoms with Crippen LogP contribution in [0.2, 0.25) is 0 Å². The highest BCUT2D eigenvalue weighted by atomic mass is 16.6. The Kier molecular flexibility index (Phi) is 5.63. The van der Waals surface area contributed by atoms with E-state index in [0.29, 0.717) is 19.0 Å². The molecule has 0 fully saturated rings. The molecule has 1 aromatic rings. The highest BCUT2D eigenvalue weighted by molar-refractivity contribution is 5.71. The smallest absolute Gasteiger partial charge is 0.332 e. The third-order valence-electron chi connectivity index (χ3n) is 1.97. The molecule has 1 aromatic carbocycles. The summed E-state index contributed by atoms with van der Waals surface area (Å²) in [4.78, 5) is 11.3. The van der Waals surface area contributed by atoms with Crippen LogP contribution in [0.4, 0.5) is 0 Å². The molecule has 0 atom stereocenters. The molecule has 0 aliphatic heterocycles. The molecule has 5 nitrogen and oxygen atoms in total. The molecule has 0 saturated heterocycles. The van der Waals surface area contributed by atoms with E-state index < -0.39 is 11.6 Å². The van der Waals surface area contributed by atoms with E-state index in [2.05, 4.69) is 0 Å². The maximum Gasteiger partial charge on any atom is 0.332 e. The molecule has 5 heteroatoms. The monoisotopic (exact) mass is 268 g/mol. The fourth-order valence-electron chi connectivity index (χ4n) is 1.29. The Labute approximate surface area is 113 Å². The van der Waals surface area contributed by atoms with E-state index in [-0.39, 0.29) is 12.4 Å². The minimum Gasteiger partial charge on any atom is -0.508 e. The lowest BCUT2D eigenvalue weighted by atomic mass is 10.2. The van der Waals surface area contributed by atoms with Crippen molar-refractivity contribution in [1.82, 2.24) is 0 Å². The predicted molar refractivity (Wildman–Crippen MR) is 70.3 cm³/mol. The summed E-state index contributed by atoms with van der Waals surface area (Å²) in [5, 5.41) is 9.09. The van der Waals surface area contributed by atoms with Gasteiger partial charge in [0, 0.05) is 0 Å². The molecule has 0 heterocycles. The van der Waals surface area contributed by atoms with Crippen LogP contribution >= 0.6 is 0 Å². The minimum atomic E-state index is -0.497. The van der Waals surface area contributed by atoms with Gasteiger partial charge < -0.3 is 19.3 Å². The molecule has 0 bridgehead atoms. The molecule has 0 amide bonds. The van der Waals surface area contributed by atoms with E-state index in [1.165, 1.54) is 12.1 Å². The van der Waals surface area contributed by atoms with Crippen molar-refractivity contribution < 1.29 is 24.1 Å². The van der Waals surface area contributed by atoms with Gasteiger partial charge in [0.05, 0.1) is 6.61 Å². The fraction of sp³-hybridized carbons (Fsp3) is 0.500. The minimum absolute atomic E-state index is 0.0871. The van der Waals surface area contributed by atoms with Crippen LogP contribution in [0, 0.1) is 0 Å². The number of aromatic hydroxyl groups is 1. The average molecular weight is 268 g/mol. The number of ether oxygens (including phenoxy) is 3. The summed E-state index contributed by atoms with van der Waals surface area (Å²) in [5.74, 6) is 0.435. The van der Waals surface area contributed by atoms with Gasteiger partial charge >= 0.3 is 5.97 Å². The molecule has 0 unspecified atom stereocenters. The van der Waals surface area contributed by atoms with Gasteiger partial charge in [-0.2, -0.15) is 0 Å². The zero-order valence-corrected chi connectivity index (χ0v) is 11.5. The molecule has 0 radical (unpaired) electrons. The number of carbonyl (C=O) groups excluding carboxylic acids is 1. The lowest BCUT2D eigenvalue weighted by Crippen LogP contribution is -2.27. The molecule has 1 N–H and O–H groups in total. The molecule has 1 rings (SSSR count). The van der Waals surface area contributed by atoms with Crippen molar-refractivity contribution >= 4 is 5.97 Å². The van der Waals surface area contributed by atoms with Gasteiger partial charge in [-0.25, -0.2) is 4.79 Å². The lowest BCUT2D eigenvalue weighted by Gasteiger charge is -2.19. The molecule has 106 valence electrons. The topological polar surface area (TPSA) is 65.0 Å². The van der Waals surface area contributed by atoms with Gasteiger partial charge in [0.1, 0.15) is 30.3 Å². The summed E-state index contributed by atoms with van der Waals surface area (Å²) >= 11 is 0. The van der Waals surface area contributed by atoms with Crippen molar-refractivity contribution in [2.45, 2.75) is 26.4 Å². The van der Waals surface area contributed by atoms with Gasteiger partial charge in [-0.1, -0.05) is 0 Å². The summed E-state index contributed by atoms with van der Waals surface area (Å²) < 4.78 is 15.6. The predicted octanol–water partition coefficient (Wildman–Crippen LogP) is 2.13. The van der Waals surface area contributed by atoms with E-state index in [1.807, 2.05) is 0 Å². The van der Waals surface area contributed by atoms with Crippen molar-refractivity contribution in [3.63, 3.8) is 0 Å². The van der Waals surface area contributed by atoms with Crippen LogP contribution in [0.1, 0.15) is 20.8 Å². The molecule has 0 aliphatic carbocycles. The number of hydrogen-bond acceptors (Lipinski definition) is 5. The van der Waals surface area contributed by atoms with Gasteiger partial charge in [0.25, 0.3) is 0 Å². The first-order valence-electron chi connectivity index (χ1n) is 6.08. The molecule has 0 spiro atoms. The number of esters is 1. The first kappa shape index (κ1) is 15.3. The van der Waals surface area contributed by atoms with Crippen LogP contribution in [0.3, 0.4) is 0 Å². The van der Waals surface area contributed by atoms with Crippen LogP contribution in [0.5, 0.6) is 11.5 Å². The number of carbonyl (C=O) groups is 1. The van der Waals surface area contributed by atoms with Crippen LogP contribution < -0.4 is 4.74 Å². The molecule has 0 aliphatic rings. The maximum atomic E-state index is 11.3. The normalized spacial score (nSPS) is 11.1. The Morgan fingerprint density at radius 1 is 1.16 bits per heavy atom. The number of benzene rings is 1. The van der Waals surface area contributed by atoms with Crippen molar-refractivity contribution in [2.75, 3.05) is 19.8 Å². The second kappa shape index (κ2) is 6.99. The van der Waals surface area contributed by atoms with Crippen molar-refractivity contribution in [2.24, 2.45) is 0 Å². The lowest BCUT2D eigenvalue weighted by molar-refractivity contribution is -0.160. The highest BCUT2D eigenvalue weighted by Crippen LogP contribution is 2.15. The summed E-state index contributed by atoms with van der Waals surface area (Å²) in [6.45, 7) is 5.94. The van der Waals surface area contributed by atoms with Crippen molar-refractivity contribution in [3.8, 4) is 11.5 Å². The molecular weight excluding hydrogens is 248 g/mol. The van der Waals surface area contributed by atoms with E-state index in [1.54, 1.807) is 32.9 Å². The Morgan fingerprint density at radius 3 is 2.37 bits per heavy atom. The molecule has 0 saturated carbocycles. The Balaban J connectivity index is 2.11. The maximum absolute atomic E-state index is 11.3. The van der Waals surface area contributed by atoms with E-state index in [9.17, 15) is 4.79 Å². The molecule has 0 aromatic heterocycles. The fourth-order valence-corrected chi connectivity index (χ4v) is 1.29. The Hall–Kier alpha value is -1.75. The van der Waals surface area contributed by atoms with Gasteiger partial charge in [0.2, 0.25) is 0 Å². The highest BCUT2D eigenvalue weighted by Gasteiger charge is 2.15. The van der Waals surface area contributed by atoms with Crippen molar-refractivity contribution in [1.29, 1.82) is 0 Å². The zero-order valence-electron chi connectivity index (χ0n) is 11.5. The zero-order chi connectivity index (χ0) is 14.3. The third-order valence-corrected chi connectivity index (χ3v) is 1.97. The number of hydrogen-bond donors (Lipinski definition) is 1. The standard InChI is InChI=1S/C14H20O5/c1-14(2,3)19-13(16)10-17-8-9-18-12-6-4-11(15)5-7-12/h4-7,15H,8-10H2,1-3H3. The van der Waals surface area contributed by atoms with Crippen LogP contribution in [0.25, 0.3) is 0 Å². The number of phenols is 1. The van der Waals surface area contributed by atoms with Gasteiger partial charge in [-0.15, -0.1) is 0 Å². The first-order chi connectivity index (χ1) is 8.87. The summed E-state index contributed by atoms with van der Waals surface area (Å²) in [6.07, 6.45) is 0. The van der Waals surface area contributed by atoms with Gasteiger partial charge in [-0.05, 0) is 45.0 Å². The van der Waals surface area contributed by atoms with Gasteiger partial charge in [-0.3, -0.25) is 0 Å². The number of rotatable bonds is 6. The average Bonchev–Trinajstić information content (AvgIpc) is 2.29. The summed E-state index contributed by atoms with van der Waals surface area (Å²) in [7, 11) is 0. The quantitative estimate of drug-likeness (QED) is 0.632. The summed E-state index contributed by atoms with van der Waals surface area (Å²) in [6, 6.07) is 6.39. The number of phenolic OH excluding ortho intramolecular Hbond substituents is 1. The Morgan fingerprint density at radius 2 is 1.79 bits per heavy atom. The van der Waals surface area contributed by atoms with Crippen molar-refractivity contribution in [3.05, 3.63) is 24.3 Å². The first-order valence-corrected chi connectivity index (χ1v) is 6.08. The van der Waals surface area contributed by atoms with E-state index in [4.69, 9.17) is 19.3 Å². The molecule has 19 heavy (non-hydrogen) atoms. The second-order valence-electron chi connectivity index (χ2n) is 4.98. The third kappa shape index (κ3) is 7.31. The second-order valence-corrected chi connectivity index (χ2v) is 4.98. The SMILES string of the molecule is CC(C)(C)OC(=O)COCCOc1ccc(O)cc1. The van der Waals surface area contributed by atoms with E-state index >= 15 is 0 Å². The van der Waals surface area contributed by atoms with Gasteiger partial charge in [0.15, 0.2) is 0 Å². The van der Waals surface area contributed by atoms with E-state index in [0.717, 1.165) is 0 Å². The molecular formula is C14H20O5. The Bertz CT molecular complexity index is 391. The van der Waals surface area contributed by atoms with Crippen LogP contribution in [-0.2, 0) is 14.3 Å². The van der Waals surface area contributed by atoms with Crippen LogP contribution in [-0.4, -0.2) is 36.5 Å². The van der Waals surface area contributed by atoms with Crippen LogP contribution in [0.15, 0.2) is 24.3 Å². The summed E-state index contributed by atoms with van der Waals surface area (Å²) in [5.41, 5.74) is -0.497.